The summed E-state index contributed by atoms with van der Waals surface area (Å²) in [6.07, 6.45) is 3.91. The van der Waals surface area contributed by atoms with Gasteiger partial charge in [-0.05, 0) is 44.0 Å². The summed E-state index contributed by atoms with van der Waals surface area (Å²) in [4.78, 5) is 4.39. The number of hydrogen-bond donors (Lipinski definition) is 1. The molecule has 1 saturated heterocycles. The molecule has 1 fully saturated rings. The van der Waals surface area contributed by atoms with E-state index in [9.17, 15) is 8.78 Å². The zero-order chi connectivity index (χ0) is 14.9. The molecule has 0 amide bonds. The molecule has 1 atom stereocenters. The van der Waals surface area contributed by atoms with E-state index in [0.717, 1.165) is 44.4 Å². The third kappa shape index (κ3) is 2.55. The molecular weight excluding hydrogens is 276 g/mol. The molecule has 2 heterocycles. The van der Waals surface area contributed by atoms with Gasteiger partial charge in [0.25, 0.3) is 0 Å². The number of rotatable bonds is 4. The molecule has 1 aromatic carbocycles. The minimum atomic E-state index is -0.916. The van der Waals surface area contributed by atoms with Crippen LogP contribution in [0.1, 0.15) is 38.5 Å². The molecule has 0 bridgehead atoms. The van der Waals surface area contributed by atoms with Gasteiger partial charge in [-0.15, -0.1) is 0 Å². The maximum atomic E-state index is 13.3. The maximum absolute atomic E-state index is 13.3. The average molecular weight is 293 g/mol. The van der Waals surface area contributed by atoms with Crippen LogP contribution < -0.4 is 5.32 Å². The molecular formula is C15H17F2N3O. The lowest BCUT2D eigenvalue weighted by Crippen LogP contribution is -2.36. The highest BCUT2D eigenvalue weighted by Gasteiger charge is 2.39. The average Bonchev–Trinajstić information content (AvgIpc) is 3.12. The maximum Gasteiger partial charge on any atom is 0.247 e. The first-order valence-corrected chi connectivity index (χ1v) is 7.19. The lowest BCUT2D eigenvalue weighted by Gasteiger charge is -2.24. The second kappa shape index (κ2) is 5.52. The zero-order valence-corrected chi connectivity index (χ0v) is 11.8. The summed E-state index contributed by atoms with van der Waals surface area (Å²) in [5.74, 6) is -0.988. The predicted octanol–water partition coefficient (Wildman–Crippen LogP) is 3.39. The quantitative estimate of drug-likeness (QED) is 0.938. The summed E-state index contributed by atoms with van der Waals surface area (Å²) in [7, 11) is 0. The van der Waals surface area contributed by atoms with E-state index < -0.39 is 11.6 Å². The van der Waals surface area contributed by atoms with E-state index >= 15 is 0 Å². The molecule has 0 aliphatic carbocycles. The monoisotopic (exact) mass is 293 g/mol. The fourth-order valence-corrected chi connectivity index (χ4v) is 2.91. The van der Waals surface area contributed by atoms with Gasteiger partial charge in [0, 0.05) is 5.56 Å². The second-order valence-corrected chi connectivity index (χ2v) is 5.41. The van der Waals surface area contributed by atoms with Gasteiger partial charge < -0.3 is 9.84 Å². The lowest BCUT2D eigenvalue weighted by molar-refractivity contribution is 0.241. The van der Waals surface area contributed by atoms with Crippen LogP contribution in [0.15, 0.2) is 22.7 Å². The Morgan fingerprint density at radius 2 is 2.19 bits per heavy atom. The van der Waals surface area contributed by atoms with Gasteiger partial charge in [-0.1, -0.05) is 18.5 Å². The Labute approximate surface area is 121 Å². The van der Waals surface area contributed by atoms with Crippen LogP contribution in [0, 0.1) is 11.6 Å². The molecule has 3 rings (SSSR count). The molecule has 1 aromatic heterocycles. The van der Waals surface area contributed by atoms with E-state index in [1.807, 2.05) is 0 Å². The highest BCUT2D eigenvalue weighted by atomic mass is 19.2. The topological polar surface area (TPSA) is 51.0 Å². The van der Waals surface area contributed by atoms with Gasteiger partial charge in [-0.2, -0.15) is 4.98 Å². The van der Waals surface area contributed by atoms with Gasteiger partial charge in [0.15, 0.2) is 11.6 Å². The Morgan fingerprint density at radius 3 is 2.86 bits per heavy atom. The predicted molar refractivity (Wildman–Crippen MR) is 73.5 cm³/mol. The van der Waals surface area contributed by atoms with Crippen LogP contribution in [0.25, 0.3) is 11.4 Å². The molecule has 1 N–H and O–H groups in total. The summed E-state index contributed by atoms with van der Waals surface area (Å²) in [6, 6.07) is 3.59. The van der Waals surface area contributed by atoms with E-state index in [-0.39, 0.29) is 11.4 Å². The van der Waals surface area contributed by atoms with Gasteiger partial charge in [-0.3, -0.25) is 0 Å². The Hall–Kier alpha value is -1.82. The van der Waals surface area contributed by atoms with E-state index in [2.05, 4.69) is 22.4 Å². The molecule has 0 saturated carbocycles. The van der Waals surface area contributed by atoms with Crippen molar-refractivity contribution in [2.45, 2.75) is 38.1 Å². The van der Waals surface area contributed by atoms with E-state index in [4.69, 9.17) is 4.52 Å². The smallest absolute Gasteiger partial charge is 0.247 e. The largest absolute Gasteiger partial charge is 0.337 e. The minimum Gasteiger partial charge on any atom is -0.337 e. The molecule has 0 spiro atoms. The van der Waals surface area contributed by atoms with Crippen molar-refractivity contribution in [3.05, 3.63) is 35.7 Å². The normalized spacial score (nSPS) is 21.9. The van der Waals surface area contributed by atoms with Crippen molar-refractivity contribution in [1.29, 1.82) is 0 Å². The molecule has 4 nitrogen and oxygen atoms in total. The van der Waals surface area contributed by atoms with Gasteiger partial charge in [-0.25, -0.2) is 8.78 Å². The third-order valence-electron chi connectivity index (χ3n) is 3.93. The molecule has 112 valence electrons. The number of benzene rings is 1. The van der Waals surface area contributed by atoms with Crippen LogP contribution in [-0.4, -0.2) is 16.7 Å². The van der Waals surface area contributed by atoms with Crippen molar-refractivity contribution >= 4 is 0 Å². The Kier molecular flexibility index (Phi) is 3.71. The van der Waals surface area contributed by atoms with Crippen LogP contribution in [0.5, 0.6) is 0 Å². The highest BCUT2D eigenvalue weighted by Crippen LogP contribution is 2.35. The van der Waals surface area contributed by atoms with Crippen molar-refractivity contribution in [1.82, 2.24) is 15.5 Å². The fraction of sp³-hybridized carbons (Fsp3) is 0.467. The van der Waals surface area contributed by atoms with Crippen LogP contribution in [-0.2, 0) is 5.54 Å². The molecule has 2 aromatic rings. The van der Waals surface area contributed by atoms with Crippen LogP contribution >= 0.6 is 0 Å². The van der Waals surface area contributed by atoms with Crippen molar-refractivity contribution < 1.29 is 13.3 Å². The SMILES string of the molecule is CCCC1(c2nc(-c3ccc(F)c(F)c3)no2)CCCN1. The number of nitrogens with one attached hydrogen (secondary N) is 1. The lowest BCUT2D eigenvalue weighted by atomic mass is 9.92. The summed E-state index contributed by atoms with van der Waals surface area (Å²) < 4.78 is 31.7. The van der Waals surface area contributed by atoms with Gasteiger partial charge in [0.2, 0.25) is 11.7 Å². The first-order chi connectivity index (χ1) is 10.1. The van der Waals surface area contributed by atoms with Crippen molar-refractivity contribution in [3.63, 3.8) is 0 Å². The third-order valence-corrected chi connectivity index (χ3v) is 3.93. The number of aromatic nitrogens is 2. The van der Waals surface area contributed by atoms with Crippen LogP contribution in [0.2, 0.25) is 0 Å². The van der Waals surface area contributed by atoms with E-state index in [1.165, 1.54) is 6.07 Å². The highest BCUT2D eigenvalue weighted by molar-refractivity contribution is 5.54. The van der Waals surface area contributed by atoms with Gasteiger partial charge in [0.05, 0.1) is 5.54 Å². The molecule has 6 heteroatoms. The van der Waals surface area contributed by atoms with Crippen LogP contribution in [0.4, 0.5) is 8.78 Å². The Balaban J connectivity index is 1.93. The molecule has 21 heavy (non-hydrogen) atoms. The van der Waals surface area contributed by atoms with E-state index in [1.54, 1.807) is 0 Å². The Morgan fingerprint density at radius 1 is 1.33 bits per heavy atom. The van der Waals surface area contributed by atoms with Crippen LogP contribution in [0.3, 0.4) is 0 Å². The number of hydrogen-bond acceptors (Lipinski definition) is 4. The zero-order valence-electron chi connectivity index (χ0n) is 11.8. The summed E-state index contributed by atoms with van der Waals surface area (Å²) in [5, 5.41) is 7.36. The first-order valence-electron chi connectivity index (χ1n) is 7.19. The molecule has 1 aliphatic rings. The summed E-state index contributed by atoms with van der Waals surface area (Å²) >= 11 is 0. The van der Waals surface area contributed by atoms with Crippen molar-refractivity contribution in [3.8, 4) is 11.4 Å². The number of nitrogens with zero attached hydrogens (tertiary/aromatic N) is 2. The van der Waals surface area contributed by atoms with Gasteiger partial charge in [0.1, 0.15) is 0 Å². The van der Waals surface area contributed by atoms with E-state index in [0.29, 0.717) is 11.5 Å². The Bertz CT molecular complexity index is 636. The van der Waals surface area contributed by atoms with Gasteiger partial charge >= 0.3 is 0 Å². The number of halogens is 2. The fourth-order valence-electron chi connectivity index (χ4n) is 2.91. The van der Waals surface area contributed by atoms with Crippen molar-refractivity contribution in [2.75, 3.05) is 6.54 Å². The molecule has 0 radical (unpaired) electrons. The van der Waals surface area contributed by atoms with Crippen molar-refractivity contribution in [2.24, 2.45) is 0 Å². The standard InChI is InChI=1S/C15H17F2N3O/c1-2-6-15(7-3-8-18-15)14-19-13(20-21-14)10-4-5-11(16)12(17)9-10/h4-5,9,18H,2-3,6-8H2,1H3. The summed E-state index contributed by atoms with van der Waals surface area (Å²) in [6.45, 7) is 3.03. The first kappa shape index (κ1) is 14.1. The second-order valence-electron chi connectivity index (χ2n) is 5.41. The minimum absolute atomic E-state index is 0.279. The molecule has 1 unspecified atom stereocenters. The molecule has 1 aliphatic heterocycles. The summed E-state index contributed by atoms with van der Waals surface area (Å²) in [5.41, 5.74) is 0.131.